The number of benzene rings is 1. The third-order valence-corrected chi connectivity index (χ3v) is 4.72. The van der Waals surface area contributed by atoms with Crippen LogP contribution in [0.4, 0.5) is 0 Å². The van der Waals surface area contributed by atoms with Crippen LogP contribution in [0.15, 0.2) is 30.3 Å². The summed E-state index contributed by atoms with van der Waals surface area (Å²) in [4.78, 5) is 0. The highest BCUT2D eigenvalue weighted by molar-refractivity contribution is 7.84. The molecule has 3 unspecified atom stereocenters. The zero-order chi connectivity index (χ0) is 12.0. The van der Waals surface area contributed by atoms with Crippen LogP contribution in [0.1, 0.15) is 25.8 Å². The van der Waals surface area contributed by atoms with Crippen LogP contribution in [-0.4, -0.2) is 22.5 Å². The number of rotatable bonds is 6. The highest BCUT2D eigenvalue weighted by Gasteiger charge is 2.19. The van der Waals surface area contributed by atoms with Crippen molar-refractivity contribution in [1.82, 2.24) is 5.32 Å². The van der Waals surface area contributed by atoms with Crippen LogP contribution in [0.3, 0.4) is 0 Å². The molecule has 2 nitrogen and oxygen atoms in total. The summed E-state index contributed by atoms with van der Waals surface area (Å²) in [6.07, 6.45) is 1.01. The van der Waals surface area contributed by atoms with Gasteiger partial charge in [0, 0.05) is 27.8 Å². The molecule has 0 radical (unpaired) electrons. The largest absolute Gasteiger partial charge is 0.316 e. The van der Waals surface area contributed by atoms with Crippen molar-refractivity contribution in [3.8, 4) is 0 Å². The van der Waals surface area contributed by atoms with Crippen molar-refractivity contribution in [3.63, 3.8) is 0 Å². The van der Waals surface area contributed by atoms with Gasteiger partial charge in [0.25, 0.3) is 0 Å². The van der Waals surface area contributed by atoms with Crippen LogP contribution >= 0.6 is 0 Å². The van der Waals surface area contributed by atoms with Crippen LogP contribution in [0, 0.1) is 0 Å². The highest BCUT2D eigenvalue weighted by Crippen LogP contribution is 2.11. The summed E-state index contributed by atoms with van der Waals surface area (Å²) in [7, 11) is 1.13. The van der Waals surface area contributed by atoms with Crippen molar-refractivity contribution in [2.45, 2.75) is 37.3 Å². The third kappa shape index (κ3) is 3.72. The fourth-order valence-electron chi connectivity index (χ4n) is 1.82. The predicted molar refractivity (Wildman–Crippen MR) is 70.9 cm³/mol. The third-order valence-electron chi connectivity index (χ3n) is 2.94. The van der Waals surface area contributed by atoms with Gasteiger partial charge in [-0.1, -0.05) is 37.3 Å². The van der Waals surface area contributed by atoms with Gasteiger partial charge in [0.1, 0.15) is 0 Å². The second kappa shape index (κ2) is 6.81. The maximum Gasteiger partial charge on any atom is 0.0488 e. The first-order chi connectivity index (χ1) is 7.69. The molecule has 1 aromatic rings. The molecule has 0 aliphatic heterocycles. The van der Waals surface area contributed by atoms with E-state index in [1.807, 2.05) is 37.4 Å². The van der Waals surface area contributed by atoms with E-state index in [9.17, 15) is 4.21 Å². The lowest BCUT2D eigenvalue weighted by atomic mass is 10.2. The molecule has 0 bridgehead atoms. The highest BCUT2D eigenvalue weighted by atomic mass is 32.2. The molecule has 0 spiro atoms. The standard InChI is InChI=1S/C13H21NOS/c1-4-13(14-3)11(2)16(15)10-12-8-6-5-7-9-12/h5-9,11,13-14H,4,10H2,1-3H3. The molecule has 0 fully saturated rings. The summed E-state index contributed by atoms with van der Waals surface area (Å²) in [5.41, 5.74) is 1.15. The summed E-state index contributed by atoms with van der Waals surface area (Å²) < 4.78 is 12.1. The molecular weight excluding hydrogens is 218 g/mol. The number of hydrogen-bond acceptors (Lipinski definition) is 2. The van der Waals surface area contributed by atoms with E-state index in [1.165, 1.54) is 0 Å². The summed E-state index contributed by atoms with van der Waals surface area (Å²) in [5, 5.41) is 3.42. The average Bonchev–Trinajstić information content (AvgIpc) is 2.31. The Labute approximate surface area is 101 Å². The molecule has 0 saturated heterocycles. The van der Waals surface area contributed by atoms with Gasteiger partial charge in [0.15, 0.2) is 0 Å². The summed E-state index contributed by atoms with van der Waals surface area (Å²) >= 11 is 0. The van der Waals surface area contributed by atoms with E-state index < -0.39 is 10.8 Å². The minimum atomic E-state index is -0.808. The van der Waals surface area contributed by atoms with Crippen molar-refractivity contribution in [3.05, 3.63) is 35.9 Å². The second-order valence-electron chi connectivity index (χ2n) is 4.02. The van der Waals surface area contributed by atoms with Gasteiger partial charge < -0.3 is 5.32 Å². The Kier molecular flexibility index (Phi) is 5.71. The molecule has 0 aliphatic rings. The Morgan fingerprint density at radius 1 is 1.31 bits per heavy atom. The zero-order valence-corrected chi connectivity index (χ0v) is 11.1. The monoisotopic (exact) mass is 239 g/mol. The number of nitrogens with one attached hydrogen (secondary N) is 1. The van der Waals surface area contributed by atoms with E-state index in [1.54, 1.807) is 0 Å². The molecule has 0 aromatic heterocycles. The van der Waals surface area contributed by atoms with Gasteiger partial charge in [0.05, 0.1) is 0 Å². The lowest BCUT2D eigenvalue weighted by Crippen LogP contribution is -2.38. The predicted octanol–water partition coefficient (Wildman–Crippen LogP) is 2.32. The smallest absolute Gasteiger partial charge is 0.0488 e. The van der Waals surface area contributed by atoms with Crippen LogP contribution in [0.2, 0.25) is 0 Å². The SMILES string of the molecule is CCC(NC)C(C)S(=O)Cc1ccccc1. The van der Waals surface area contributed by atoms with E-state index in [0.717, 1.165) is 12.0 Å². The van der Waals surface area contributed by atoms with Crippen LogP contribution in [0.25, 0.3) is 0 Å². The molecule has 0 amide bonds. The van der Waals surface area contributed by atoms with Crippen molar-refractivity contribution in [1.29, 1.82) is 0 Å². The number of hydrogen-bond donors (Lipinski definition) is 1. The van der Waals surface area contributed by atoms with Gasteiger partial charge in [-0.05, 0) is 26.0 Å². The second-order valence-corrected chi connectivity index (χ2v) is 5.81. The topological polar surface area (TPSA) is 29.1 Å². The first-order valence-electron chi connectivity index (χ1n) is 5.77. The Morgan fingerprint density at radius 2 is 1.94 bits per heavy atom. The normalized spacial score (nSPS) is 16.7. The zero-order valence-electron chi connectivity index (χ0n) is 10.3. The minimum Gasteiger partial charge on any atom is -0.316 e. The van der Waals surface area contributed by atoms with Crippen molar-refractivity contribution >= 4 is 10.8 Å². The van der Waals surface area contributed by atoms with Gasteiger partial charge in [-0.3, -0.25) is 4.21 Å². The van der Waals surface area contributed by atoms with Gasteiger partial charge in [-0.15, -0.1) is 0 Å². The van der Waals surface area contributed by atoms with Gasteiger partial charge in [-0.25, -0.2) is 0 Å². The Hall–Kier alpha value is -0.670. The molecule has 16 heavy (non-hydrogen) atoms. The maximum absolute atomic E-state index is 12.1. The average molecular weight is 239 g/mol. The summed E-state index contributed by atoms with van der Waals surface area (Å²) in [5.74, 6) is 0.653. The lowest BCUT2D eigenvalue weighted by Gasteiger charge is -2.21. The van der Waals surface area contributed by atoms with Crippen LogP contribution in [0.5, 0.6) is 0 Å². The molecular formula is C13H21NOS. The van der Waals surface area contributed by atoms with Gasteiger partial charge in [0.2, 0.25) is 0 Å². The fraction of sp³-hybridized carbons (Fsp3) is 0.538. The van der Waals surface area contributed by atoms with Crippen LogP contribution < -0.4 is 5.32 Å². The lowest BCUT2D eigenvalue weighted by molar-refractivity contribution is 0.529. The molecule has 90 valence electrons. The molecule has 1 aromatic carbocycles. The van der Waals surface area contributed by atoms with Gasteiger partial charge >= 0.3 is 0 Å². The first kappa shape index (κ1) is 13.4. The van der Waals surface area contributed by atoms with E-state index in [4.69, 9.17) is 0 Å². The van der Waals surface area contributed by atoms with E-state index in [-0.39, 0.29) is 5.25 Å². The first-order valence-corrected chi connectivity index (χ1v) is 7.15. The molecule has 0 saturated carbocycles. The Morgan fingerprint density at radius 3 is 2.44 bits per heavy atom. The molecule has 3 heteroatoms. The Balaban J connectivity index is 2.58. The molecule has 1 rings (SSSR count). The van der Waals surface area contributed by atoms with E-state index in [0.29, 0.717) is 11.8 Å². The van der Waals surface area contributed by atoms with Gasteiger partial charge in [-0.2, -0.15) is 0 Å². The van der Waals surface area contributed by atoms with E-state index >= 15 is 0 Å². The van der Waals surface area contributed by atoms with Crippen molar-refractivity contribution < 1.29 is 4.21 Å². The quantitative estimate of drug-likeness (QED) is 0.825. The van der Waals surface area contributed by atoms with E-state index in [2.05, 4.69) is 19.2 Å². The summed E-state index contributed by atoms with van der Waals surface area (Å²) in [6, 6.07) is 10.4. The van der Waals surface area contributed by atoms with Crippen molar-refractivity contribution in [2.24, 2.45) is 0 Å². The maximum atomic E-state index is 12.1. The minimum absolute atomic E-state index is 0.190. The summed E-state index contributed by atoms with van der Waals surface area (Å²) in [6.45, 7) is 4.18. The van der Waals surface area contributed by atoms with Crippen LogP contribution in [-0.2, 0) is 16.6 Å². The Bertz CT molecular complexity index is 322. The molecule has 0 aliphatic carbocycles. The van der Waals surface area contributed by atoms with Crippen molar-refractivity contribution in [2.75, 3.05) is 7.05 Å². The molecule has 1 N–H and O–H groups in total. The molecule has 3 atom stereocenters. The fourth-order valence-corrected chi connectivity index (χ4v) is 3.30. The molecule has 0 heterocycles.